The van der Waals surface area contributed by atoms with Crippen molar-refractivity contribution in [1.82, 2.24) is 4.40 Å². The molecule has 0 saturated carbocycles. The number of hydrogen-bond donors (Lipinski definition) is 0. The molecule has 0 amide bonds. The Kier molecular flexibility index (Phi) is 7.98. The Morgan fingerprint density at radius 1 is 0.971 bits per heavy atom. The number of benzene rings is 2. The predicted molar refractivity (Wildman–Crippen MR) is 139 cm³/mol. The molecule has 34 heavy (non-hydrogen) atoms. The van der Waals surface area contributed by atoms with Crippen molar-refractivity contribution >= 4 is 39.1 Å². The molecule has 0 radical (unpaired) electrons. The van der Waals surface area contributed by atoms with E-state index >= 15 is 0 Å². The summed E-state index contributed by atoms with van der Waals surface area (Å²) in [5.41, 5.74) is 4.01. The maximum atomic E-state index is 13.1. The Bertz CT molecular complexity index is 1330. The van der Waals surface area contributed by atoms with Crippen LogP contribution in [0.4, 0.5) is 0 Å². The van der Waals surface area contributed by atoms with Crippen LogP contribution < -0.4 is 0 Å². The largest absolute Gasteiger partial charge is 0.465 e. The monoisotopic (exact) mass is 461 g/mol. The molecule has 0 saturated heterocycles. The van der Waals surface area contributed by atoms with Crippen molar-refractivity contribution in [2.45, 2.75) is 59.8 Å². The number of unbranched alkanes of at least 4 members (excludes halogenated alkanes) is 1. The molecule has 2 aromatic heterocycles. The lowest BCUT2D eigenvalue weighted by Crippen LogP contribution is -2.11. The normalized spacial score (nSPS) is 12.0. The Morgan fingerprint density at radius 3 is 2.41 bits per heavy atom. The minimum absolute atomic E-state index is 0. The van der Waals surface area contributed by atoms with Crippen molar-refractivity contribution < 1.29 is 19.1 Å². The van der Waals surface area contributed by atoms with Crippen molar-refractivity contribution in [3.63, 3.8) is 0 Å². The molecular formula is C29H35NO4. The fraction of sp³-hybridized carbons (Fsp3) is 0.379. The number of hydrogen-bond acceptors (Lipinski definition) is 4. The standard InChI is InChI=1S/C28H31NO4.CH4/c1-5-8-11-18(6-2)25-22-15-14-20(27(30)32-4)17-23(22)29-24(28(31)33-7-3)16-19-12-9-10-13-21(19)26(25)29;/h9-10,12-18H,5-8,11H2,1-4H3;1H4. The van der Waals surface area contributed by atoms with Gasteiger partial charge in [-0.1, -0.05) is 64.4 Å². The summed E-state index contributed by atoms with van der Waals surface area (Å²) in [5, 5.41) is 3.15. The van der Waals surface area contributed by atoms with Gasteiger partial charge in [0.15, 0.2) is 0 Å². The average Bonchev–Trinajstić information content (AvgIpc) is 3.18. The molecule has 5 nitrogen and oxygen atoms in total. The van der Waals surface area contributed by atoms with Crippen LogP contribution in [0.15, 0.2) is 48.5 Å². The Hall–Kier alpha value is -3.34. The van der Waals surface area contributed by atoms with Crippen LogP contribution in [0.2, 0.25) is 0 Å². The smallest absolute Gasteiger partial charge is 0.355 e. The number of carbonyl (C=O) groups excluding carboxylic acids is 2. The summed E-state index contributed by atoms with van der Waals surface area (Å²) in [6.45, 7) is 6.53. The summed E-state index contributed by atoms with van der Waals surface area (Å²) in [7, 11) is 1.38. The van der Waals surface area contributed by atoms with Crippen LogP contribution in [0.3, 0.4) is 0 Å². The van der Waals surface area contributed by atoms with E-state index in [2.05, 4.69) is 19.9 Å². The average molecular weight is 462 g/mol. The molecule has 2 heterocycles. The third-order valence-corrected chi connectivity index (χ3v) is 6.47. The van der Waals surface area contributed by atoms with E-state index in [0.717, 1.165) is 52.9 Å². The fourth-order valence-corrected chi connectivity index (χ4v) is 4.90. The van der Waals surface area contributed by atoms with Crippen LogP contribution in [0.5, 0.6) is 0 Å². The van der Waals surface area contributed by atoms with Gasteiger partial charge in [-0.3, -0.25) is 0 Å². The quantitative estimate of drug-likeness (QED) is 0.255. The summed E-state index contributed by atoms with van der Waals surface area (Å²) in [5.74, 6) is -0.436. The van der Waals surface area contributed by atoms with Crippen molar-refractivity contribution in [2.75, 3.05) is 13.7 Å². The molecule has 0 N–H and O–H groups in total. The second kappa shape index (κ2) is 10.7. The number of nitrogens with zero attached hydrogens (tertiary/aromatic N) is 1. The van der Waals surface area contributed by atoms with Crippen LogP contribution in [-0.2, 0) is 9.47 Å². The minimum atomic E-state index is -0.398. The molecule has 1 atom stereocenters. The highest BCUT2D eigenvalue weighted by atomic mass is 16.5. The zero-order valence-electron chi connectivity index (χ0n) is 19.8. The second-order valence-electron chi connectivity index (χ2n) is 8.41. The molecule has 180 valence electrons. The first-order chi connectivity index (χ1) is 16.0. The van der Waals surface area contributed by atoms with Crippen molar-refractivity contribution in [2.24, 2.45) is 0 Å². The Labute approximate surface area is 201 Å². The lowest BCUT2D eigenvalue weighted by molar-refractivity contribution is 0.0517. The Balaban J connectivity index is 0.00000324. The number of rotatable bonds is 8. The molecular weight excluding hydrogens is 426 g/mol. The lowest BCUT2D eigenvalue weighted by atomic mass is 9.88. The third kappa shape index (κ3) is 4.27. The molecule has 0 bridgehead atoms. The van der Waals surface area contributed by atoms with Gasteiger partial charge in [0.1, 0.15) is 5.69 Å². The van der Waals surface area contributed by atoms with Gasteiger partial charge in [-0.25, -0.2) is 9.59 Å². The first-order valence-corrected chi connectivity index (χ1v) is 11.8. The first-order valence-electron chi connectivity index (χ1n) is 11.8. The van der Waals surface area contributed by atoms with Gasteiger partial charge in [0.2, 0.25) is 0 Å². The summed E-state index contributed by atoms with van der Waals surface area (Å²) in [6.07, 6.45) is 4.32. The molecule has 0 spiro atoms. The number of esters is 2. The van der Waals surface area contributed by atoms with Crippen LogP contribution in [-0.4, -0.2) is 30.1 Å². The summed E-state index contributed by atoms with van der Waals surface area (Å²) in [6, 6.07) is 15.7. The van der Waals surface area contributed by atoms with Gasteiger partial charge < -0.3 is 13.9 Å². The molecule has 5 heteroatoms. The van der Waals surface area contributed by atoms with Gasteiger partial charge in [-0.05, 0) is 54.8 Å². The van der Waals surface area contributed by atoms with Gasteiger partial charge >= 0.3 is 11.9 Å². The van der Waals surface area contributed by atoms with Crippen LogP contribution in [0, 0.1) is 0 Å². The van der Waals surface area contributed by atoms with Gasteiger partial charge in [0.05, 0.1) is 30.3 Å². The van der Waals surface area contributed by atoms with E-state index in [-0.39, 0.29) is 13.4 Å². The summed E-state index contributed by atoms with van der Waals surface area (Å²) >= 11 is 0. The number of methoxy groups -OCH3 is 1. The van der Waals surface area contributed by atoms with Crippen LogP contribution >= 0.6 is 0 Å². The van der Waals surface area contributed by atoms with E-state index < -0.39 is 5.97 Å². The van der Waals surface area contributed by atoms with Crippen LogP contribution in [0.1, 0.15) is 86.2 Å². The zero-order chi connectivity index (χ0) is 23.5. The van der Waals surface area contributed by atoms with E-state index in [1.165, 1.54) is 12.7 Å². The molecule has 4 rings (SSSR count). The lowest BCUT2D eigenvalue weighted by Gasteiger charge is -2.17. The molecule has 0 aliphatic heterocycles. The maximum absolute atomic E-state index is 13.1. The molecule has 0 fully saturated rings. The summed E-state index contributed by atoms with van der Waals surface area (Å²) in [4.78, 5) is 25.4. The number of ether oxygens (including phenoxy) is 2. The van der Waals surface area contributed by atoms with Gasteiger partial charge in [0, 0.05) is 10.8 Å². The van der Waals surface area contributed by atoms with E-state index in [9.17, 15) is 9.59 Å². The topological polar surface area (TPSA) is 57.0 Å². The van der Waals surface area contributed by atoms with E-state index in [1.807, 2.05) is 53.8 Å². The van der Waals surface area contributed by atoms with Gasteiger partial charge in [0.25, 0.3) is 0 Å². The molecule has 2 aromatic carbocycles. The molecule has 0 aliphatic rings. The highest BCUT2D eigenvalue weighted by Gasteiger charge is 2.25. The van der Waals surface area contributed by atoms with Crippen molar-refractivity contribution in [3.8, 4) is 0 Å². The van der Waals surface area contributed by atoms with Gasteiger partial charge in [-0.2, -0.15) is 0 Å². The molecule has 0 aliphatic carbocycles. The second-order valence-corrected chi connectivity index (χ2v) is 8.41. The van der Waals surface area contributed by atoms with E-state index in [4.69, 9.17) is 9.47 Å². The van der Waals surface area contributed by atoms with Gasteiger partial charge in [-0.15, -0.1) is 0 Å². The van der Waals surface area contributed by atoms with E-state index in [1.54, 1.807) is 0 Å². The first kappa shape index (κ1) is 25.3. The number of fused-ring (bicyclic) bond motifs is 5. The van der Waals surface area contributed by atoms with E-state index in [0.29, 0.717) is 23.8 Å². The molecule has 1 unspecified atom stereocenters. The number of aromatic nitrogens is 1. The minimum Gasteiger partial charge on any atom is -0.465 e. The predicted octanol–water partition coefficient (Wildman–Crippen LogP) is 7.53. The maximum Gasteiger partial charge on any atom is 0.355 e. The third-order valence-electron chi connectivity index (χ3n) is 6.47. The zero-order valence-corrected chi connectivity index (χ0v) is 19.8. The SMILES string of the molecule is C.CCCCC(CC)c1c2ccc(C(=O)OC)cc2n2c(C(=O)OCC)cc3ccccc3c12. The highest BCUT2D eigenvalue weighted by Crippen LogP contribution is 2.41. The highest BCUT2D eigenvalue weighted by molar-refractivity contribution is 6.10. The number of carbonyl (C=O) groups is 2. The number of pyridine rings is 1. The Morgan fingerprint density at radius 2 is 1.74 bits per heavy atom. The van der Waals surface area contributed by atoms with Crippen molar-refractivity contribution in [1.29, 1.82) is 0 Å². The molecule has 4 aromatic rings. The fourth-order valence-electron chi connectivity index (χ4n) is 4.90. The summed E-state index contributed by atoms with van der Waals surface area (Å²) < 4.78 is 12.4. The van der Waals surface area contributed by atoms with Crippen molar-refractivity contribution in [3.05, 3.63) is 65.4 Å². The van der Waals surface area contributed by atoms with Crippen LogP contribution in [0.25, 0.3) is 27.2 Å².